The van der Waals surface area contributed by atoms with Crippen molar-refractivity contribution >= 4 is 5.78 Å². The van der Waals surface area contributed by atoms with Gasteiger partial charge in [-0.25, -0.2) is 0 Å². The highest BCUT2D eigenvalue weighted by Crippen LogP contribution is 2.38. The van der Waals surface area contributed by atoms with E-state index in [9.17, 15) is 4.79 Å². The Morgan fingerprint density at radius 2 is 2.07 bits per heavy atom. The lowest BCUT2D eigenvalue weighted by Gasteiger charge is -2.11. The van der Waals surface area contributed by atoms with E-state index >= 15 is 0 Å². The maximum Gasteiger partial charge on any atom is 0.226 e. The standard InChI is InChI=1S/C22H23N3O2/c1-3-18-12-16(9-10-23-18)20(26)13-15-6-5-14-11-17(7-8-19(14)15)22-24-21(4-2)27-25-22/h7-12,15H,3-6,13H2,1-2H3/t15-/m0/s1. The zero-order valence-electron chi connectivity index (χ0n) is 15.7. The van der Waals surface area contributed by atoms with Gasteiger partial charge >= 0.3 is 0 Å². The molecule has 0 spiro atoms. The summed E-state index contributed by atoms with van der Waals surface area (Å²) in [6.45, 7) is 4.04. The second-order valence-electron chi connectivity index (χ2n) is 7.03. The Labute approximate surface area is 158 Å². The van der Waals surface area contributed by atoms with Crippen LogP contribution in [0.4, 0.5) is 0 Å². The van der Waals surface area contributed by atoms with Gasteiger partial charge in [0.1, 0.15) is 0 Å². The molecule has 5 heteroatoms. The number of Topliss-reactive ketones (excluding diaryl/α,β-unsaturated/α-hetero) is 1. The Kier molecular flexibility index (Phi) is 4.84. The summed E-state index contributed by atoms with van der Waals surface area (Å²) in [5.41, 5.74) is 5.27. The van der Waals surface area contributed by atoms with E-state index in [1.165, 1.54) is 11.1 Å². The molecule has 4 rings (SSSR count). The number of aryl methyl sites for hydroxylation is 3. The fraction of sp³-hybridized carbons (Fsp3) is 0.364. The van der Waals surface area contributed by atoms with Crippen molar-refractivity contribution in [2.24, 2.45) is 0 Å². The molecule has 2 aromatic heterocycles. The fourth-order valence-electron chi connectivity index (χ4n) is 3.76. The highest BCUT2D eigenvalue weighted by atomic mass is 16.5. The summed E-state index contributed by atoms with van der Waals surface area (Å²) in [6.07, 6.45) is 5.83. The maximum atomic E-state index is 12.7. The Balaban J connectivity index is 1.52. The third-order valence-corrected chi connectivity index (χ3v) is 5.31. The van der Waals surface area contributed by atoms with Crippen molar-refractivity contribution in [2.75, 3.05) is 0 Å². The van der Waals surface area contributed by atoms with Gasteiger partial charge in [0.05, 0.1) is 0 Å². The lowest BCUT2D eigenvalue weighted by molar-refractivity contribution is 0.0973. The van der Waals surface area contributed by atoms with E-state index in [2.05, 4.69) is 34.2 Å². The fourth-order valence-corrected chi connectivity index (χ4v) is 3.76. The van der Waals surface area contributed by atoms with Crippen molar-refractivity contribution in [3.8, 4) is 11.4 Å². The molecule has 0 saturated heterocycles. The van der Waals surface area contributed by atoms with Gasteiger partial charge in [0.15, 0.2) is 5.78 Å². The van der Waals surface area contributed by atoms with Gasteiger partial charge in [-0.05, 0) is 54.5 Å². The summed E-state index contributed by atoms with van der Waals surface area (Å²) >= 11 is 0. The van der Waals surface area contributed by atoms with Gasteiger partial charge < -0.3 is 4.52 Å². The van der Waals surface area contributed by atoms with Crippen LogP contribution in [-0.4, -0.2) is 20.9 Å². The van der Waals surface area contributed by atoms with Crippen LogP contribution in [0.3, 0.4) is 0 Å². The number of carbonyl (C=O) groups is 1. The number of pyridine rings is 1. The number of rotatable bonds is 6. The predicted octanol–water partition coefficient (Wildman–Crippen LogP) is 4.56. The number of hydrogen-bond acceptors (Lipinski definition) is 5. The highest BCUT2D eigenvalue weighted by molar-refractivity contribution is 5.96. The summed E-state index contributed by atoms with van der Waals surface area (Å²) < 4.78 is 5.22. The van der Waals surface area contributed by atoms with Crippen molar-refractivity contribution in [3.05, 3.63) is 64.8 Å². The number of benzene rings is 1. The first-order valence-corrected chi connectivity index (χ1v) is 9.61. The van der Waals surface area contributed by atoms with Crippen LogP contribution in [0.15, 0.2) is 41.1 Å². The zero-order chi connectivity index (χ0) is 18.8. The van der Waals surface area contributed by atoms with E-state index in [0.29, 0.717) is 18.1 Å². The summed E-state index contributed by atoms with van der Waals surface area (Å²) in [7, 11) is 0. The molecule has 2 heterocycles. The molecule has 0 saturated carbocycles. The quantitative estimate of drug-likeness (QED) is 0.602. The molecule has 0 unspecified atom stereocenters. The summed E-state index contributed by atoms with van der Waals surface area (Å²) in [5.74, 6) is 1.76. The van der Waals surface area contributed by atoms with Crippen molar-refractivity contribution in [2.45, 2.75) is 51.9 Å². The monoisotopic (exact) mass is 361 g/mol. The lowest BCUT2D eigenvalue weighted by Crippen LogP contribution is -2.06. The van der Waals surface area contributed by atoms with Crippen LogP contribution >= 0.6 is 0 Å². The molecule has 0 aliphatic heterocycles. The number of hydrogen-bond donors (Lipinski definition) is 0. The SMILES string of the molecule is CCc1cc(C(=O)C[C@@H]2CCc3cc(-c4noc(CC)n4)ccc32)ccn1. The van der Waals surface area contributed by atoms with E-state index < -0.39 is 0 Å². The molecule has 0 fully saturated rings. The van der Waals surface area contributed by atoms with Crippen LogP contribution in [-0.2, 0) is 19.3 Å². The van der Waals surface area contributed by atoms with Gasteiger partial charge in [0, 0.05) is 35.9 Å². The second-order valence-corrected chi connectivity index (χ2v) is 7.03. The van der Waals surface area contributed by atoms with Gasteiger partial charge in [-0.3, -0.25) is 9.78 Å². The van der Waals surface area contributed by atoms with Crippen LogP contribution in [0.5, 0.6) is 0 Å². The van der Waals surface area contributed by atoms with Crippen molar-refractivity contribution in [1.29, 1.82) is 0 Å². The van der Waals surface area contributed by atoms with E-state index in [-0.39, 0.29) is 11.7 Å². The molecule has 0 radical (unpaired) electrons. The molecule has 0 N–H and O–H groups in total. The third-order valence-electron chi connectivity index (χ3n) is 5.31. The summed E-state index contributed by atoms with van der Waals surface area (Å²) in [4.78, 5) is 21.4. The molecular weight excluding hydrogens is 338 g/mol. The van der Waals surface area contributed by atoms with Crippen molar-refractivity contribution < 1.29 is 9.32 Å². The van der Waals surface area contributed by atoms with Crippen LogP contribution in [0.25, 0.3) is 11.4 Å². The third kappa shape index (κ3) is 3.54. The molecule has 3 aromatic rings. The molecule has 1 atom stereocenters. The first-order chi connectivity index (χ1) is 13.2. The number of fused-ring (bicyclic) bond motifs is 1. The van der Waals surface area contributed by atoms with E-state index in [1.54, 1.807) is 6.20 Å². The van der Waals surface area contributed by atoms with Crippen LogP contribution in [0.1, 0.15) is 65.7 Å². The first kappa shape index (κ1) is 17.6. The van der Waals surface area contributed by atoms with Gasteiger partial charge in [0.2, 0.25) is 11.7 Å². The normalized spacial score (nSPS) is 15.7. The molecule has 1 aliphatic rings. The molecule has 0 amide bonds. The van der Waals surface area contributed by atoms with Gasteiger partial charge in [-0.15, -0.1) is 0 Å². The topological polar surface area (TPSA) is 68.9 Å². The zero-order valence-corrected chi connectivity index (χ0v) is 15.7. The molecule has 138 valence electrons. The Morgan fingerprint density at radius 3 is 2.85 bits per heavy atom. The highest BCUT2D eigenvalue weighted by Gasteiger charge is 2.26. The first-order valence-electron chi connectivity index (χ1n) is 9.61. The number of carbonyl (C=O) groups excluding carboxylic acids is 1. The number of aromatic nitrogens is 3. The van der Waals surface area contributed by atoms with Crippen LogP contribution in [0.2, 0.25) is 0 Å². The number of ketones is 1. The summed E-state index contributed by atoms with van der Waals surface area (Å²) in [6, 6.07) is 10.0. The largest absolute Gasteiger partial charge is 0.339 e. The van der Waals surface area contributed by atoms with Crippen molar-refractivity contribution in [1.82, 2.24) is 15.1 Å². The average molecular weight is 361 g/mol. The minimum atomic E-state index is 0.194. The van der Waals surface area contributed by atoms with Crippen molar-refractivity contribution in [3.63, 3.8) is 0 Å². The van der Waals surface area contributed by atoms with E-state index in [0.717, 1.165) is 42.5 Å². The molecular formula is C22H23N3O2. The van der Waals surface area contributed by atoms with Crippen LogP contribution in [0, 0.1) is 0 Å². The minimum Gasteiger partial charge on any atom is -0.339 e. The average Bonchev–Trinajstić information content (AvgIpc) is 3.35. The van der Waals surface area contributed by atoms with Gasteiger partial charge in [-0.1, -0.05) is 31.1 Å². The Bertz CT molecular complexity index is 977. The maximum absolute atomic E-state index is 12.7. The molecule has 27 heavy (non-hydrogen) atoms. The molecule has 1 aromatic carbocycles. The Hall–Kier alpha value is -2.82. The van der Waals surface area contributed by atoms with E-state index in [4.69, 9.17) is 4.52 Å². The van der Waals surface area contributed by atoms with Gasteiger partial charge in [0.25, 0.3) is 0 Å². The lowest BCUT2D eigenvalue weighted by atomic mass is 9.92. The van der Waals surface area contributed by atoms with Crippen LogP contribution < -0.4 is 0 Å². The second kappa shape index (κ2) is 7.43. The molecule has 0 bridgehead atoms. The molecule has 5 nitrogen and oxygen atoms in total. The minimum absolute atomic E-state index is 0.194. The van der Waals surface area contributed by atoms with E-state index in [1.807, 2.05) is 25.1 Å². The smallest absolute Gasteiger partial charge is 0.226 e. The predicted molar refractivity (Wildman–Crippen MR) is 103 cm³/mol. The van der Waals surface area contributed by atoms with Gasteiger partial charge in [-0.2, -0.15) is 4.98 Å². The Morgan fingerprint density at radius 1 is 1.19 bits per heavy atom. The summed E-state index contributed by atoms with van der Waals surface area (Å²) in [5, 5.41) is 4.06. The number of nitrogens with zero attached hydrogens (tertiary/aromatic N) is 3. The molecule has 1 aliphatic carbocycles.